The molecule has 6 heteroatoms. The Hall–Kier alpha value is 0.160. The van der Waals surface area contributed by atoms with Crippen molar-refractivity contribution in [1.29, 1.82) is 0 Å². The van der Waals surface area contributed by atoms with E-state index in [4.69, 9.17) is 27.9 Å². The van der Waals surface area contributed by atoms with Crippen LogP contribution >= 0.6 is 34.5 Å². The van der Waals surface area contributed by atoms with Crippen molar-refractivity contribution in [2.24, 2.45) is 0 Å². The zero-order chi connectivity index (χ0) is 12.9. The molecule has 1 aromatic heterocycles. The summed E-state index contributed by atoms with van der Waals surface area (Å²) in [5.41, 5.74) is 0.466. The Balaban J connectivity index is 2.10. The summed E-state index contributed by atoms with van der Waals surface area (Å²) in [6.07, 6.45) is 1.12. The minimum atomic E-state index is -0.660. The molecule has 3 heterocycles. The van der Waals surface area contributed by atoms with E-state index in [9.17, 15) is 5.11 Å². The number of ether oxygens (including phenoxy) is 1. The van der Waals surface area contributed by atoms with Gasteiger partial charge >= 0.3 is 0 Å². The number of hydrogen-bond acceptors (Lipinski definition) is 4. The third-order valence-corrected chi connectivity index (χ3v) is 5.97. The van der Waals surface area contributed by atoms with Crippen LogP contribution in [0.3, 0.4) is 0 Å². The molecule has 0 aliphatic carbocycles. The summed E-state index contributed by atoms with van der Waals surface area (Å²) < 4.78 is 6.54. The van der Waals surface area contributed by atoms with Gasteiger partial charge in [-0.15, -0.1) is 11.3 Å². The van der Waals surface area contributed by atoms with E-state index >= 15 is 0 Å². The van der Waals surface area contributed by atoms with Crippen LogP contribution in [0.25, 0.3) is 0 Å². The van der Waals surface area contributed by atoms with E-state index in [1.165, 1.54) is 11.3 Å². The largest absolute Gasteiger partial charge is 0.386 e. The van der Waals surface area contributed by atoms with Gasteiger partial charge in [-0.05, 0) is 26.3 Å². The highest BCUT2D eigenvalue weighted by Gasteiger charge is 2.46. The maximum atomic E-state index is 10.1. The third-order valence-electron chi connectivity index (χ3n) is 3.77. The molecule has 1 spiro atoms. The van der Waals surface area contributed by atoms with Crippen molar-refractivity contribution in [3.63, 3.8) is 0 Å². The fourth-order valence-electron chi connectivity index (χ4n) is 2.94. The van der Waals surface area contributed by atoms with Crippen LogP contribution in [0.2, 0.25) is 9.36 Å². The van der Waals surface area contributed by atoms with Gasteiger partial charge in [0.05, 0.1) is 11.6 Å². The van der Waals surface area contributed by atoms with Gasteiger partial charge in [-0.1, -0.05) is 23.2 Å². The van der Waals surface area contributed by atoms with Crippen molar-refractivity contribution in [2.75, 3.05) is 13.2 Å². The maximum Gasteiger partial charge on any atom is 0.112 e. The van der Waals surface area contributed by atoms with Gasteiger partial charge in [0.1, 0.15) is 16.0 Å². The fourth-order valence-corrected chi connectivity index (χ4v) is 4.83. The van der Waals surface area contributed by atoms with Crippen LogP contribution in [0.4, 0.5) is 0 Å². The maximum absolute atomic E-state index is 10.1. The number of halogens is 2. The summed E-state index contributed by atoms with van der Waals surface area (Å²) in [6.45, 7) is 3.35. The number of hydrogen-bond donors (Lipinski definition) is 2. The van der Waals surface area contributed by atoms with Crippen LogP contribution in [0.5, 0.6) is 0 Å². The van der Waals surface area contributed by atoms with Gasteiger partial charge in [-0.2, -0.15) is 0 Å². The molecule has 1 aromatic rings. The molecular formula is C12H15Cl2NO2S. The van der Waals surface area contributed by atoms with Gasteiger partial charge in [0.25, 0.3) is 0 Å². The van der Waals surface area contributed by atoms with Crippen LogP contribution in [-0.2, 0) is 10.3 Å². The topological polar surface area (TPSA) is 41.5 Å². The number of aliphatic hydroxyl groups is 1. The molecule has 2 aliphatic heterocycles. The summed E-state index contributed by atoms with van der Waals surface area (Å²) in [5, 5.41) is 14.0. The van der Waals surface area contributed by atoms with Gasteiger partial charge in [-0.3, -0.25) is 0 Å². The lowest BCUT2D eigenvalue weighted by Gasteiger charge is -2.43. The normalized spacial score (nSPS) is 35.8. The molecule has 1 fully saturated rings. The highest BCUT2D eigenvalue weighted by molar-refractivity contribution is 7.17. The molecule has 3 rings (SSSR count). The number of rotatable bonds is 0. The molecule has 0 amide bonds. The second kappa shape index (κ2) is 4.62. The second-order valence-corrected chi connectivity index (χ2v) is 7.06. The average Bonchev–Trinajstić information content (AvgIpc) is 2.63. The van der Waals surface area contributed by atoms with Gasteiger partial charge in [0, 0.05) is 16.5 Å². The highest BCUT2D eigenvalue weighted by Crippen LogP contribution is 2.52. The first-order valence-electron chi connectivity index (χ1n) is 6.07. The first-order chi connectivity index (χ1) is 8.53. The molecule has 1 saturated heterocycles. The Morgan fingerprint density at radius 2 is 2.28 bits per heavy atom. The van der Waals surface area contributed by atoms with Gasteiger partial charge < -0.3 is 15.2 Å². The number of aliphatic hydroxyl groups excluding tert-OH is 1. The fraction of sp³-hybridized carbons (Fsp3) is 0.667. The monoisotopic (exact) mass is 307 g/mol. The zero-order valence-electron chi connectivity index (χ0n) is 10.0. The van der Waals surface area contributed by atoms with Crippen molar-refractivity contribution in [3.8, 4) is 0 Å². The molecule has 18 heavy (non-hydrogen) atoms. The Labute approximate surface area is 120 Å². The molecule has 3 unspecified atom stereocenters. The summed E-state index contributed by atoms with van der Waals surface area (Å²) in [7, 11) is 0. The lowest BCUT2D eigenvalue weighted by atomic mass is 9.82. The van der Waals surface area contributed by atoms with Crippen LogP contribution in [0.15, 0.2) is 0 Å². The molecule has 100 valence electrons. The summed E-state index contributed by atoms with van der Waals surface area (Å²) in [6, 6.07) is 0.390. The summed E-state index contributed by atoms with van der Waals surface area (Å²) in [4.78, 5) is 1.02. The van der Waals surface area contributed by atoms with Gasteiger partial charge in [-0.25, -0.2) is 0 Å². The molecule has 3 nitrogen and oxygen atoms in total. The van der Waals surface area contributed by atoms with Crippen molar-refractivity contribution in [1.82, 2.24) is 5.32 Å². The zero-order valence-corrected chi connectivity index (χ0v) is 12.3. The number of piperidine rings is 1. The number of nitrogens with one attached hydrogen (secondary N) is 1. The molecular weight excluding hydrogens is 293 g/mol. The van der Waals surface area contributed by atoms with E-state index in [2.05, 4.69) is 12.2 Å². The summed E-state index contributed by atoms with van der Waals surface area (Å²) >= 11 is 13.8. The van der Waals surface area contributed by atoms with Crippen LogP contribution < -0.4 is 5.32 Å². The first-order valence-corrected chi connectivity index (χ1v) is 7.64. The average molecular weight is 308 g/mol. The van der Waals surface area contributed by atoms with Gasteiger partial charge in [0.2, 0.25) is 0 Å². The minimum absolute atomic E-state index is 0.298. The van der Waals surface area contributed by atoms with Crippen molar-refractivity contribution < 1.29 is 9.84 Å². The molecule has 0 bridgehead atoms. The van der Waals surface area contributed by atoms with E-state index in [1.807, 2.05) is 0 Å². The first kappa shape index (κ1) is 13.2. The van der Waals surface area contributed by atoms with Crippen LogP contribution in [-0.4, -0.2) is 24.3 Å². The highest BCUT2D eigenvalue weighted by atomic mass is 35.5. The lowest BCUT2D eigenvalue weighted by molar-refractivity contribution is -0.121. The van der Waals surface area contributed by atoms with Crippen LogP contribution in [0, 0.1) is 0 Å². The molecule has 2 N–H and O–H groups in total. The van der Waals surface area contributed by atoms with E-state index < -0.39 is 6.10 Å². The molecule has 0 saturated carbocycles. The Bertz CT molecular complexity index is 479. The Morgan fingerprint density at radius 3 is 3.00 bits per heavy atom. The second-order valence-electron chi connectivity index (χ2n) is 5.06. The standard InChI is InChI=1S/C12H15Cl2NO2S/c1-6-4-12(2-3-15-6)10-8(7(16)5-17-12)9(13)11(14)18-10/h6-7,15-16H,2-5H2,1H3. The Morgan fingerprint density at radius 1 is 1.50 bits per heavy atom. The van der Waals surface area contributed by atoms with E-state index in [1.54, 1.807) is 0 Å². The predicted octanol–water partition coefficient (Wildman–Crippen LogP) is 3.09. The van der Waals surface area contributed by atoms with Gasteiger partial charge in [0.15, 0.2) is 0 Å². The molecule has 2 aliphatic rings. The number of thiophene rings is 1. The quantitative estimate of drug-likeness (QED) is 0.774. The van der Waals surface area contributed by atoms with E-state index in [-0.39, 0.29) is 5.60 Å². The lowest BCUT2D eigenvalue weighted by Crippen LogP contribution is -2.48. The third kappa shape index (κ3) is 1.90. The Kier molecular flexibility index (Phi) is 3.37. The molecule has 0 radical (unpaired) electrons. The summed E-state index contributed by atoms with van der Waals surface area (Å²) in [5.74, 6) is 0. The number of fused-ring (bicyclic) bond motifs is 2. The van der Waals surface area contributed by atoms with E-state index in [0.29, 0.717) is 22.0 Å². The van der Waals surface area contributed by atoms with Crippen LogP contribution in [0.1, 0.15) is 36.3 Å². The van der Waals surface area contributed by atoms with E-state index in [0.717, 1.165) is 29.8 Å². The smallest absolute Gasteiger partial charge is 0.112 e. The van der Waals surface area contributed by atoms with Crippen molar-refractivity contribution >= 4 is 34.5 Å². The van der Waals surface area contributed by atoms with Crippen molar-refractivity contribution in [3.05, 3.63) is 19.8 Å². The van der Waals surface area contributed by atoms with Crippen molar-refractivity contribution in [2.45, 2.75) is 37.5 Å². The molecule has 0 aromatic carbocycles. The minimum Gasteiger partial charge on any atom is -0.386 e. The SMILES string of the molecule is CC1CC2(CCN1)OCC(O)c1c2sc(Cl)c1Cl. The predicted molar refractivity (Wildman–Crippen MR) is 73.6 cm³/mol. The molecule has 3 atom stereocenters.